The van der Waals surface area contributed by atoms with Gasteiger partial charge in [0.25, 0.3) is 0 Å². The number of aliphatic hydroxyl groups excluding tert-OH is 1. The molecule has 1 saturated heterocycles. The highest BCUT2D eigenvalue weighted by atomic mass is 16.6. The smallest absolute Gasteiger partial charge is 0.410 e. The first-order chi connectivity index (χ1) is 11.2. The Bertz CT molecular complexity index is 517. The van der Waals surface area contributed by atoms with E-state index in [1.807, 2.05) is 37.3 Å². The summed E-state index contributed by atoms with van der Waals surface area (Å²) >= 11 is 0. The van der Waals surface area contributed by atoms with Crippen LogP contribution in [0.5, 0.6) is 0 Å². The number of hydrogen-bond donors (Lipinski definition) is 2. The van der Waals surface area contributed by atoms with Gasteiger partial charge in [-0.15, -0.1) is 0 Å². The van der Waals surface area contributed by atoms with E-state index in [9.17, 15) is 14.7 Å². The maximum absolute atomic E-state index is 12.3. The average Bonchev–Trinajstić information content (AvgIpc) is 3.08. The van der Waals surface area contributed by atoms with Gasteiger partial charge in [-0.3, -0.25) is 9.69 Å². The van der Waals surface area contributed by atoms with E-state index < -0.39 is 12.1 Å². The zero-order valence-corrected chi connectivity index (χ0v) is 13.4. The van der Waals surface area contributed by atoms with Crippen LogP contribution in [-0.4, -0.2) is 47.2 Å². The number of nitrogens with zero attached hydrogens (tertiary/aromatic N) is 1. The van der Waals surface area contributed by atoms with Gasteiger partial charge in [0.2, 0.25) is 5.91 Å². The van der Waals surface area contributed by atoms with Crippen molar-refractivity contribution < 1.29 is 19.4 Å². The molecule has 0 radical (unpaired) electrons. The second-order valence-corrected chi connectivity index (χ2v) is 5.69. The van der Waals surface area contributed by atoms with Crippen molar-refractivity contribution in [2.45, 2.75) is 44.9 Å². The summed E-state index contributed by atoms with van der Waals surface area (Å²) in [5, 5.41) is 12.0. The number of amides is 2. The van der Waals surface area contributed by atoms with Gasteiger partial charge in [0, 0.05) is 6.54 Å². The number of rotatable bonds is 6. The molecule has 2 atom stereocenters. The SMILES string of the molecule is CCC(CO)NC(=O)C1CCCN1C(=O)OCc1ccccc1. The van der Waals surface area contributed by atoms with Gasteiger partial charge in [-0.25, -0.2) is 4.79 Å². The van der Waals surface area contributed by atoms with Crippen molar-refractivity contribution >= 4 is 12.0 Å². The van der Waals surface area contributed by atoms with E-state index in [1.165, 1.54) is 4.90 Å². The lowest BCUT2D eigenvalue weighted by molar-refractivity contribution is -0.126. The van der Waals surface area contributed by atoms with Gasteiger partial charge in [-0.1, -0.05) is 37.3 Å². The molecule has 1 heterocycles. The van der Waals surface area contributed by atoms with Crippen LogP contribution in [0, 0.1) is 0 Å². The lowest BCUT2D eigenvalue weighted by Crippen LogP contribution is -2.49. The van der Waals surface area contributed by atoms with Crippen molar-refractivity contribution in [1.82, 2.24) is 10.2 Å². The Morgan fingerprint density at radius 1 is 1.39 bits per heavy atom. The molecular weight excluding hydrogens is 296 g/mol. The molecule has 23 heavy (non-hydrogen) atoms. The molecule has 0 bridgehead atoms. The van der Waals surface area contributed by atoms with E-state index in [0.29, 0.717) is 19.4 Å². The summed E-state index contributed by atoms with van der Waals surface area (Å²) < 4.78 is 5.31. The molecule has 6 nitrogen and oxygen atoms in total. The molecule has 0 spiro atoms. The minimum absolute atomic E-state index is 0.104. The van der Waals surface area contributed by atoms with Crippen molar-refractivity contribution in [2.24, 2.45) is 0 Å². The average molecular weight is 320 g/mol. The number of nitrogens with one attached hydrogen (secondary N) is 1. The predicted octanol–water partition coefficient (Wildman–Crippen LogP) is 1.67. The van der Waals surface area contributed by atoms with Crippen molar-refractivity contribution in [3.05, 3.63) is 35.9 Å². The van der Waals surface area contributed by atoms with Gasteiger partial charge in [-0.05, 0) is 24.8 Å². The minimum Gasteiger partial charge on any atom is -0.445 e. The number of benzene rings is 1. The maximum atomic E-state index is 12.3. The normalized spacial score (nSPS) is 18.5. The molecule has 2 amide bonds. The van der Waals surface area contributed by atoms with Gasteiger partial charge in [0.05, 0.1) is 12.6 Å². The molecule has 2 unspecified atom stereocenters. The first kappa shape index (κ1) is 17.3. The summed E-state index contributed by atoms with van der Waals surface area (Å²) in [6.07, 6.45) is 1.57. The summed E-state index contributed by atoms with van der Waals surface area (Å²) in [6, 6.07) is 8.65. The summed E-state index contributed by atoms with van der Waals surface area (Å²) in [6.45, 7) is 2.50. The lowest BCUT2D eigenvalue weighted by atomic mass is 10.1. The summed E-state index contributed by atoms with van der Waals surface area (Å²) in [4.78, 5) is 26.0. The van der Waals surface area contributed by atoms with Crippen LogP contribution in [-0.2, 0) is 16.1 Å². The van der Waals surface area contributed by atoms with Crippen LogP contribution in [0.2, 0.25) is 0 Å². The third-order valence-corrected chi connectivity index (χ3v) is 4.05. The second kappa shape index (κ2) is 8.53. The fraction of sp³-hybridized carbons (Fsp3) is 0.529. The molecule has 1 aromatic carbocycles. The van der Waals surface area contributed by atoms with E-state index in [2.05, 4.69) is 5.32 Å². The van der Waals surface area contributed by atoms with Crippen LogP contribution in [0.1, 0.15) is 31.7 Å². The van der Waals surface area contributed by atoms with Crippen LogP contribution in [0.3, 0.4) is 0 Å². The Kier molecular flexibility index (Phi) is 6.40. The van der Waals surface area contributed by atoms with Crippen molar-refractivity contribution in [1.29, 1.82) is 0 Å². The fourth-order valence-electron chi connectivity index (χ4n) is 2.63. The highest BCUT2D eigenvalue weighted by Crippen LogP contribution is 2.19. The Morgan fingerprint density at radius 3 is 2.78 bits per heavy atom. The van der Waals surface area contributed by atoms with E-state index in [-0.39, 0.29) is 25.2 Å². The molecule has 126 valence electrons. The number of carbonyl (C=O) groups is 2. The van der Waals surface area contributed by atoms with Crippen molar-refractivity contribution in [3.8, 4) is 0 Å². The van der Waals surface area contributed by atoms with E-state index >= 15 is 0 Å². The van der Waals surface area contributed by atoms with Crippen molar-refractivity contribution in [3.63, 3.8) is 0 Å². The molecule has 0 saturated carbocycles. The third-order valence-electron chi connectivity index (χ3n) is 4.05. The van der Waals surface area contributed by atoms with Crippen molar-refractivity contribution in [2.75, 3.05) is 13.2 Å². The molecule has 0 aromatic heterocycles. The first-order valence-electron chi connectivity index (χ1n) is 8.04. The third kappa shape index (κ3) is 4.69. The second-order valence-electron chi connectivity index (χ2n) is 5.69. The zero-order chi connectivity index (χ0) is 16.7. The molecule has 1 aliphatic heterocycles. The number of carbonyl (C=O) groups excluding carboxylic acids is 2. The molecule has 1 aliphatic rings. The van der Waals surface area contributed by atoms with Crippen LogP contribution in [0.4, 0.5) is 4.79 Å². The Balaban J connectivity index is 1.89. The monoisotopic (exact) mass is 320 g/mol. The quantitative estimate of drug-likeness (QED) is 0.836. The molecule has 2 N–H and O–H groups in total. The Hall–Kier alpha value is -2.08. The maximum Gasteiger partial charge on any atom is 0.410 e. The van der Waals surface area contributed by atoms with E-state index in [1.54, 1.807) is 0 Å². The highest BCUT2D eigenvalue weighted by Gasteiger charge is 2.35. The van der Waals surface area contributed by atoms with Gasteiger partial charge < -0.3 is 15.2 Å². The van der Waals surface area contributed by atoms with Gasteiger partial charge in [0.15, 0.2) is 0 Å². The lowest BCUT2D eigenvalue weighted by Gasteiger charge is -2.25. The number of ether oxygens (including phenoxy) is 1. The molecular formula is C17H24N2O4. The highest BCUT2D eigenvalue weighted by molar-refractivity contribution is 5.86. The molecule has 0 aliphatic carbocycles. The Labute approximate surface area is 136 Å². The summed E-state index contributed by atoms with van der Waals surface area (Å²) in [5.41, 5.74) is 0.910. The number of likely N-dealkylation sites (tertiary alicyclic amines) is 1. The summed E-state index contributed by atoms with van der Waals surface area (Å²) in [5.74, 6) is -0.222. The zero-order valence-electron chi connectivity index (χ0n) is 13.4. The van der Waals surface area contributed by atoms with E-state index in [4.69, 9.17) is 4.74 Å². The molecule has 2 rings (SSSR count). The first-order valence-corrected chi connectivity index (χ1v) is 8.04. The van der Waals surface area contributed by atoms with Gasteiger partial charge in [0.1, 0.15) is 12.6 Å². The number of aliphatic hydroxyl groups is 1. The molecule has 1 fully saturated rings. The van der Waals surface area contributed by atoms with Crippen LogP contribution in [0.25, 0.3) is 0 Å². The largest absolute Gasteiger partial charge is 0.445 e. The van der Waals surface area contributed by atoms with Crippen LogP contribution >= 0.6 is 0 Å². The standard InChI is InChI=1S/C17H24N2O4/c1-2-14(11-20)18-16(21)15-9-6-10-19(15)17(22)23-12-13-7-4-3-5-8-13/h3-5,7-8,14-15,20H,2,6,9-12H2,1H3,(H,18,21). The number of hydrogen-bond acceptors (Lipinski definition) is 4. The Morgan fingerprint density at radius 2 is 2.13 bits per heavy atom. The fourth-order valence-corrected chi connectivity index (χ4v) is 2.63. The molecule has 1 aromatic rings. The van der Waals surface area contributed by atoms with Crippen LogP contribution < -0.4 is 5.32 Å². The van der Waals surface area contributed by atoms with Gasteiger partial charge in [-0.2, -0.15) is 0 Å². The minimum atomic E-state index is -0.515. The van der Waals surface area contributed by atoms with Crippen LogP contribution in [0.15, 0.2) is 30.3 Å². The van der Waals surface area contributed by atoms with E-state index in [0.717, 1.165) is 12.0 Å². The predicted molar refractivity (Wildman–Crippen MR) is 85.7 cm³/mol. The summed E-state index contributed by atoms with van der Waals surface area (Å²) in [7, 11) is 0. The topological polar surface area (TPSA) is 78.9 Å². The molecule has 6 heteroatoms. The van der Waals surface area contributed by atoms with Gasteiger partial charge >= 0.3 is 6.09 Å².